The zero-order chi connectivity index (χ0) is 22.3. The second-order valence-corrected chi connectivity index (χ2v) is 9.32. The fourth-order valence-corrected chi connectivity index (χ4v) is 5.13. The first-order chi connectivity index (χ1) is 15.6. The van der Waals surface area contributed by atoms with Gasteiger partial charge in [0.1, 0.15) is 0 Å². The molecule has 1 aliphatic heterocycles. The average molecular weight is 455 g/mol. The van der Waals surface area contributed by atoms with Crippen LogP contribution in [0.25, 0.3) is 10.9 Å². The van der Waals surface area contributed by atoms with Crippen molar-refractivity contribution in [2.45, 2.75) is 56.6 Å². The van der Waals surface area contributed by atoms with Crippen LogP contribution in [0.15, 0.2) is 45.9 Å². The number of nitrogens with one attached hydrogen (secondary N) is 1. The van der Waals surface area contributed by atoms with Crippen molar-refractivity contribution in [2.75, 3.05) is 25.4 Å². The predicted molar refractivity (Wildman–Crippen MR) is 127 cm³/mol. The quantitative estimate of drug-likeness (QED) is 0.376. The van der Waals surface area contributed by atoms with E-state index in [1.54, 1.807) is 15.5 Å². The highest BCUT2D eigenvalue weighted by Crippen LogP contribution is 2.23. The van der Waals surface area contributed by atoms with Gasteiger partial charge in [-0.15, -0.1) is 0 Å². The minimum Gasteiger partial charge on any atom is -0.346 e. The molecule has 1 aromatic carbocycles. The van der Waals surface area contributed by atoms with E-state index in [-0.39, 0.29) is 29.7 Å². The first kappa shape index (κ1) is 22.6. The Morgan fingerprint density at radius 3 is 2.69 bits per heavy atom. The summed E-state index contributed by atoms with van der Waals surface area (Å²) < 4.78 is 1.70. The lowest BCUT2D eigenvalue weighted by Crippen LogP contribution is -2.39. The number of hydrogen-bond acceptors (Lipinski definition) is 5. The Kier molecular flexibility index (Phi) is 7.63. The fourth-order valence-electron chi connectivity index (χ4n) is 4.28. The molecule has 8 heteroatoms. The largest absolute Gasteiger partial charge is 0.346 e. The van der Waals surface area contributed by atoms with E-state index in [4.69, 9.17) is 0 Å². The third kappa shape index (κ3) is 5.59. The number of allylic oxidation sites excluding steroid dienone is 2. The number of carbonyl (C=O) groups excluding carboxylic acids is 2. The number of para-hydroxylation sites is 1. The van der Waals surface area contributed by atoms with Crippen LogP contribution in [0.3, 0.4) is 0 Å². The summed E-state index contributed by atoms with van der Waals surface area (Å²) in [5.41, 5.74) is 1.96. The van der Waals surface area contributed by atoms with Crippen LogP contribution in [0.2, 0.25) is 0 Å². The van der Waals surface area contributed by atoms with Crippen LogP contribution in [0.5, 0.6) is 0 Å². The van der Waals surface area contributed by atoms with Crippen molar-refractivity contribution in [3.8, 4) is 0 Å². The number of fused-ring (bicyclic) bond motifs is 1. The van der Waals surface area contributed by atoms with Crippen LogP contribution >= 0.6 is 11.8 Å². The molecule has 1 aromatic heterocycles. The van der Waals surface area contributed by atoms with Crippen molar-refractivity contribution in [2.24, 2.45) is 0 Å². The van der Waals surface area contributed by atoms with E-state index < -0.39 is 0 Å². The Morgan fingerprint density at radius 1 is 1.09 bits per heavy atom. The van der Waals surface area contributed by atoms with Gasteiger partial charge in [-0.2, -0.15) is 0 Å². The lowest BCUT2D eigenvalue weighted by atomic mass is 9.97. The fraction of sp³-hybridized carbons (Fsp3) is 0.500. The maximum Gasteiger partial charge on any atom is 0.262 e. The number of hydrogen-bond donors (Lipinski definition) is 1. The van der Waals surface area contributed by atoms with E-state index in [0.29, 0.717) is 22.6 Å². The summed E-state index contributed by atoms with van der Waals surface area (Å²) in [5, 5.41) is 3.85. The first-order valence-electron chi connectivity index (χ1n) is 11.5. The highest BCUT2D eigenvalue weighted by Gasteiger charge is 2.19. The minimum atomic E-state index is -0.230. The van der Waals surface area contributed by atoms with Gasteiger partial charge in [0.2, 0.25) is 11.8 Å². The van der Waals surface area contributed by atoms with Gasteiger partial charge in [0.15, 0.2) is 5.16 Å². The van der Waals surface area contributed by atoms with Gasteiger partial charge < -0.3 is 10.2 Å². The van der Waals surface area contributed by atoms with E-state index in [9.17, 15) is 14.4 Å². The molecular weight excluding hydrogens is 424 g/mol. The summed E-state index contributed by atoms with van der Waals surface area (Å²) in [6.07, 6.45) is 9.80. The number of thioether (sulfide) groups is 1. The summed E-state index contributed by atoms with van der Waals surface area (Å²) in [6.45, 7) is 2.12. The minimum absolute atomic E-state index is 0.0193. The van der Waals surface area contributed by atoms with Crippen LogP contribution in [0.1, 0.15) is 44.9 Å². The number of carbonyl (C=O) groups is 2. The molecule has 2 heterocycles. The summed E-state index contributed by atoms with van der Waals surface area (Å²) >= 11 is 1.25. The number of rotatable bonds is 8. The molecule has 1 saturated heterocycles. The monoisotopic (exact) mass is 454 g/mol. The van der Waals surface area contributed by atoms with Crippen molar-refractivity contribution < 1.29 is 9.59 Å². The van der Waals surface area contributed by atoms with Gasteiger partial charge in [-0.1, -0.05) is 35.5 Å². The molecule has 0 unspecified atom stereocenters. The number of benzene rings is 1. The summed E-state index contributed by atoms with van der Waals surface area (Å²) in [6, 6.07) is 7.32. The van der Waals surface area contributed by atoms with Gasteiger partial charge >= 0.3 is 0 Å². The van der Waals surface area contributed by atoms with Gasteiger partial charge in [0.05, 0.1) is 23.2 Å². The Balaban J connectivity index is 1.43. The third-order valence-electron chi connectivity index (χ3n) is 6.10. The molecule has 2 aliphatic rings. The zero-order valence-corrected chi connectivity index (χ0v) is 19.2. The lowest BCUT2D eigenvalue weighted by Gasteiger charge is -2.17. The van der Waals surface area contributed by atoms with Crippen molar-refractivity contribution in [1.82, 2.24) is 19.8 Å². The Hall–Kier alpha value is -2.61. The molecule has 1 aliphatic carbocycles. The zero-order valence-electron chi connectivity index (χ0n) is 18.3. The van der Waals surface area contributed by atoms with E-state index in [1.165, 1.54) is 30.2 Å². The standard InChI is InChI=1S/C24H30N4O3S/c29-21(25-16-22(30)27-13-6-7-14-27)17-32-24-26-20-11-5-4-10-19(20)23(31)28(24)15-12-18-8-2-1-3-9-18/h4-5,8,10-11H,1-3,6-7,9,12-17H2,(H,25,29). The van der Waals surface area contributed by atoms with Crippen molar-refractivity contribution in [1.29, 1.82) is 0 Å². The van der Waals surface area contributed by atoms with Crippen LogP contribution in [0, 0.1) is 0 Å². The molecule has 4 rings (SSSR count). The predicted octanol–water partition coefficient (Wildman–Crippen LogP) is 3.12. The maximum absolute atomic E-state index is 13.2. The molecule has 32 heavy (non-hydrogen) atoms. The number of aromatic nitrogens is 2. The smallest absolute Gasteiger partial charge is 0.262 e. The van der Waals surface area contributed by atoms with Crippen LogP contribution in [0.4, 0.5) is 0 Å². The van der Waals surface area contributed by atoms with Crippen LogP contribution in [-0.2, 0) is 16.1 Å². The Labute approximate surface area is 192 Å². The number of nitrogens with zero attached hydrogens (tertiary/aromatic N) is 3. The second-order valence-electron chi connectivity index (χ2n) is 8.38. The first-order valence-corrected chi connectivity index (χ1v) is 12.4. The maximum atomic E-state index is 13.2. The van der Waals surface area contributed by atoms with Crippen molar-refractivity contribution in [3.63, 3.8) is 0 Å². The van der Waals surface area contributed by atoms with Gasteiger partial charge in [-0.3, -0.25) is 19.0 Å². The molecule has 0 atom stereocenters. The summed E-state index contributed by atoms with van der Waals surface area (Å²) in [5.74, 6) is -0.158. The molecule has 170 valence electrons. The number of amides is 2. The van der Waals surface area contributed by atoms with Gasteiger partial charge in [-0.25, -0.2) is 4.98 Å². The highest BCUT2D eigenvalue weighted by atomic mass is 32.2. The van der Waals surface area contributed by atoms with Crippen LogP contribution in [-0.4, -0.2) is 51.7 Å². The molecule has 0 saturated carbocycles. The van der Waals surface area contributed by atoms with Crippen molar-refractivity contribution in [3.05, 3.63) is 46.3 Å². The van der Waals surface area contributed by atoms with Gasteiger partial charge in [0, 0.05) is 19.6 Å². The SMILES string of the molecule is O=C(CSc1nc2ccccc2c(=O)n1CCC1=CCCCC1)NCC(=O)N1CCCC1. The van der Waals surface area contributed by atoms with Crippen molar-refractivity contribution >= 4 is 34.5 Å². The number of likely N-dealkylation sites (tertiary alicyclic amines) is 1. The lowest BCUT2D eigenvalue weighted by molar-refractivity contribution is -0.131. The molecule has 1 fully saturated rings. The summed E-state index contributed by atoms with van der Waals surface area (Å²) in [7, 11) is 0. The Bertz CT molecular complexity index is 1070. The topological polar surface area (TPSA) is 84.3 Å². The molecule has 0 spiro atoms. The van der Waals surface area contributed by atoms with E-state index in [1.807, 2.05) is 18.2 Å². The molecule has 0 bridgehead atoms. The Morgan fingerprint density at radius 2 is 1.91 bits per heavy atom. The molecule has 2 amide bonds. The normalized spacial score (nSPS) is 16.2. The van der Waals surface area contributed by atoms with Crippen LogP contribution < -0.4 is 10.9 Å². The van der Waals surface area contributed by atoms with E-state index in [0.717, 1.165) is 45.2 Å². The van der Waals surface area contributed by atoms with E-state index >= 15 is 0 Å². The van der Waals surface area contributed by atoms with Gasteiger partial charge in [0.25, 0.3) is 5.56 Å². The van der Waals surface area contributed by atoms with E-state index in [2.05, 4.69) is 16.4 Å². The molecule has 1 N–H and O–H groups in total. The second kappa shape index (κ2) is 10.8. The average Bonchev–Trinajstić information content (AvgIpc) is 3.36. The molecular formula is C24H30N4O3S. The molecule has 0 radical (unpaired) electrons. The molecule has 7 nitrogen and oxygen atoms in total. The third-order valence-corrected chi connectivity index (χ3v) is 7.07. The molecule has 2 aromatic rings. The highest BCUT2D eigenvalue weighted by molar-refractivity contribution is 7.99. The van der Waals surface area contributed by atoms with Gasteiger partial charge in [-0.05, 0) is 57.1 Å². The summed E-state index contributed by atoms with van der Waals surface area (Å²) in [4.78, 5) is 44.2.